The smallest absolute Gasteiger partial charge is 0.391 e. The first kappa shape index (κ1) is 88.3. The fourth-order valence-corrected chi connectivity index (χ4v) is 21.1. The van der Waals surface area contributed by atoms with Crippen molar-refractivity contribution in [1.29, 1.82) is 0 Å². The number of rotatable bonds is 31. The number of unbranched alkanes of at least 4 members (excludes halogenated alkanes) is 2. The SMILES string of the molecule is Cc1ncsc1-c1ccc([C@H](C)NC(=O)[C@@H]2C[C@@H](O)CN2C(=O)[C@@H](NCCCCCC(=O)N2CCN(C3CCN(C[C@]4(C)CCC(c5ccc(Cl)cc5)=C(CN5CCN(c6ccc(C(=O)NS(=O)(=O)c7ccc(N[C@H](CCN8CCCOCC8)CSc8ccccc8)c(S(=O)(=O)C(F)(F)F)c7)cc6)CC5)C4)CC3)CC2)C(C)(C)C)cc1. The van der Waals surface area contributed by atoms with E-state index in [9.17, 15) is 54.3 Å². The first-order valence-corrected chi connectivity index (χ1v) is 46.2. The lowest BCUT2D eigenvalue weighted by molar-refractivity contribution is -0.142. The molecule has 6 aliphatic rings. The molecule has 4 amide bonds. The number of halogens is 4. The van der Waals surface area contributed by atoms with Crippen molar-refractivity contribution in [2.24, 2.45) is 10.8 Å². The number of aryl methyl sites for hydroxylation is 1. The molecular weight excluding hydrogens is 1580 g/mol. The van der Waals surface area contributed by atoms with Crippen LogP contribution >= 0.6 is 34.7 Å². The summed E-state index contributed by atoms with van der Waals surface area (Å²) < 4.78 is 105. The number of aliphatic hydroxyl groups excluding tert-OH is 1. The maximum atomic E-state index is 14.5. The van der Waals surface area contributed by atoms with Gasteiger partial charge in [0.05, 0.1) is 51.5 Å². The summed E-state index contributed by atoms with van der Waals surface area (Å²) in [4.78, 5) is 75.5. The molecule has 116 heavy (non-hydrogen) atoms. The number of hydrogen-bond donors (Lipinski definition) is 5. The van der Waals surface area contributed by atoms with Crippen LogP contribution in [0.25, 0.3) is 16.0 Å². The number of ether oxygens (including phenoxy) is 1. The summed E-state index contributed by atoms with van der Waals surface area (Å²) in [5.74, 6) is -0.993. The lowest BCUT2D eigenvalue weighted by Gasteiger charge is -2.46. The average Bonchev–Trinajstić information content (AvgIpc) is 0.845. The van der Waals surface area contributed by atoms with Crippen molar-refractivity contribution < 1.29 is 59.0 Å². The average molecular weight is 1700 g/mol. The summed E-state index contributed by atoms with van der Waals surface area (Å²) in [5.41, 5.74) is 3.00. The molecule has 0 spiro atoms. The number of aromatic nitrogens is 1. The molecule has 0 radical (unpaired) electrons. The Morgan fingerprint density at radius 1 is 0.793 bits per heavy atom. The van der Waals surface area contributed by atoms with Crippen molar-refractivity contribution >= 4 is 95.1 Å². The van der Waals surface area contributed by atoms with E-state index in [4.69, 9.17) is 16.3 Å². The Hall–Kier alpha value is -7.00. The highest BCUT2D eigenvalue weighted by Crippen LogP contribution is 2.45. The molecule has 5 fully saturated rings. The molecule has 630 valence electrons. The summed E-state index contributed by atoms with van der Waals surface area (Å²) in [5, 5.41) is 21.1. The van der Waals surface area contributed by atoms with E-state index in [2.05, 4.69) is 64.5 Å². The number of aliphatic hydroxyl groups is 1. The van der Waals surface area contributed by atoms with Gasteiger partial charge in [-0.1, -0.05) is 106 Å². The molecule has 0 unspecified atom stereocenters. The summed E-state index contributed by atoms with van der Waals surface area (Å²) in [7, 11) is -11.0. The van der Waals surface area contributed by atoms with Crippen LogP contribution < -0.4 is 25.6 Å². The van der Waals surface area contributed by atoms with E-state index in [0.29, 0.717) is 81.7 Å². The highest BCUT2D eigenvalue weighted by atomic mass is 35.5. The van der Waals surface area contributed by atoms with Gasteiger partial charge in [-0.2, -0.15) is 13.2 Å². The van der Waals surface area contributed by atoms with E-state index in [1.807, 2.05) is 116 Å². The predicted molar refractivity (Wildman–Crippen MR) is 453 cm³/mol. The van der Waals surface area contributed by atoms with Gasteiger partial charge in [0.1, 0.15) is 10.9 Å². The van der Waals surface area contributed by atoms with Crippen molar-refractivity contribution in [3.63, 3.8) is 0 Å². The number of piperazine rings is 2. The molecule has 1 aliphatic carbocycles. The molecule has 5 saturated heterocycles. The maximum Gasteiger partial charge on any atom is 0.501 e. The van der Waals surface area contributed by atoms with Crippen molar-refractivity contribution in [3.8, 4) is 10.4 Å². The highest BCUT2D eigenvalue weighted by Gasteiger charge is 2.49. The number of hydrogen-bond acceptors (Lipinski definition) is 20. The quantitative estimate of drug-likeness (QED) is 0.0200. The van der Waals surface area contributed by atoms with Gasteiger partial charge < -0.3 is 50.3 Å². The number of likely N-dealkylation sites (tertiary alicyclic amines) is 2. The minimum atomic E-state index is -6.11. The van der Waals surface area contributed by atoms with Crippen molar-refractivity contribution in [2.45, 2.75) is 175 Å². The number of allylic oxidation sites excluding steroid dienone is 1. The Bertz CT molecular complexity index is 4570. The van der Waals surface area contributed by atoms with Crippen molar-refractivity contribution in [1.82, 2.24) is 49.7 Å². The van der Waals surface area contributed by atoms with Crippen LogP contribution in [0.1, 0.15) is 145 Å². The Morgan fingerprint density at radius 3 is 2.18 bits per heavy atom. The molecule has 6 heterocycles. The number of carbonyl (C=O) groups is 4. The minimum Gasteiger partial charge on any atom is -0.391 e. The predicted octanol–water partition coefficient (Wildman–Crippen LogP) is 12.6. The second kappa shape index (κ2) is 39.5. The number of sulfonamides is 1. The Kier molecular flexibility index (Phi) is 30.0. The number of benzene rings is 5. The van der Waals surface area contributed by atoms with E-state index in [1.54, 1.807) is 28.4 Å². The Labute approximate surface area is 696 Å². The molecule has 0 saturated carbocycles. The van der Waals surface area contributed by atoms with Crippen LogP contribution in [-0.2, 0) is 39.0 Å². The van der Waals surface area contributed by atoms with Gasteiger partial charge in [0.25, 0.3) is 25.8 Å². The summed E-state index contributed by atoms with van der Waals surface area (Å²) in [6.45, 7) is 26.1. The molecule has 12 rings (SSSR count). The summed E-state index contributed by atoms with van der Waals surface area (Å²) in [6.07, 6.45) is 8.56. The lowest BCUT2D eigenvalue weighted by Crippen LogP contribution is -2.56. The fourth-order valence-electron chi connectivity index (χ4n) is 17.2. The Morgan fingerprint density at radius 2 is 1.50 bits per heavy atom. The van der Waals surface area contributed by atoms with Crippen LogP contribution in [0.5, 0.6) is 0 Å². The largest absolute Gasteiger partial charge is 0.501 e. The monoisotopic (exact) mass is 1690 g/mol. The zero-order valence-corrected chi connectivity index (χ0v) is 71.6. The molecule has 5 N–H and O–H groups in total. The zero-order chi connectivity index (χ0) is 82.5. The molecule has 6 atom stereocenters. The number of nitrogens with one attached hydrogen (secondary N) is 4. The number of thioether (sulfide) groups is 1. The minimum absolute atomic E-state index is 0.0222. The third kappa shape index (κ3) is 23.1. The van der Waals surface area contributed by atoms with Gasteiger partial charge in [0.2, 0.25) is 17.7 Å². The molecular formula is C86H114ClF3N12O10S4. The third-order valence-electron chi connectivity index (χ3n) is 23.8. The van der Waals surface area contributed by atoms with Crippen LogP contribution in [0.2, 0.25) is 5.02 Å². The molecule has 30 heteroatoms. The van der Waals surface area contributed by atoms with Gasteiger partial charge in [-0.15, -0.1) is 23.1 Å². The van der Waals surface area contributed by atoms with E-state index in [-0.39, 0.29) is 47.7 Å². The molecule has 0 bridgehead atoms. The van der Waals surface area contributed by atoms with Crippen molar-refractivity contribution in [2.75, 3.05) is 140 Å². The summed E-state index contributed by atoms with van der Waals surface area (Å²) in [6, 6.07) is 32.8. The zero-order valence-electron chi connectivity index (χ0n) is 67.6. The van der Waals surface area contributed by atoms with Gasteiger partial charge >= 0.3 is 5.51 Å². The van der Waals surface area contributed by atoms with Crippen LogP contribution in [0.4, 0.5) is 24.5 Å². The van der Waals surface area contributed by atoms with Crippen molar-refractivity contribution in [3.05, 3.63) is 160 Å². The van der Waals surface area contributed by atoms with E-state index in [0.717, 1.165) is 174 Å². The Balaban J connectivity index is 0.575. The normalized spacial score (nSPS) is 21.1. The fraction of sp³-hybridized carbons (Fsp3) is 0.547. The molecule has 5 aromatic carbocycles. The number of piperidine rings is 1. The number of β-amino-alcohol motifs (C(OH)–C–C–N with tert-alkyl or cyclic N) is 1. The molecule has 22 nitrogen and oxygen atoms in total. The first-order chi connectivity index (χ1) is 55.4. The number of sulfone groups is 1. The number of anilines is 2. The number of carbonyl (C=O) groups excluding carboxylic acids is 4. The second-order valence-electron chi connectivity index (χ2n) is 33.5. The van der Waals surface area contributed by atoms with Gasteiger partial charge in [0.15, 0.2) is 0 Å². The lowest BCUT2D eigenvalue weighted by atomic mass is 9.71. The maximum absolute atomic E-state index is 14.5. The van der Waals surface area contributed by atoms with Gasteiger partial charge in [-0.05, 0) is 191 Å². The van der Waals surface area contributed by atoms with Crippen LogP contribution in [0.15, 0.2) is 147 Å². The highest BCUT2D eigenvalue weighted by molar-refractivity contribution is 7.99. The molecule has 5 aliphatic heterocycles. The van der Waals surface area contributed by atoms with Crippen LogP contribution in [-0.4, -0.2) is 246 Å². The number of nitrogens with zero attached hydrogens (tertiary/aromatic N) is 8. The topological polar surface area (TPSA) is 250 Å². The third-order valence-corrected chi connectivity index (χ3v) is 29.0. The number of alkyl halides is 3. The summed E-state index contributed by atoms with van der Waals surface area (Å²) >= 11 is 9.47. The molecule has 1 aromatic heterocycles. The van der Waals surface area contributed by atoms with E-state index >= 15 is 0 Å². The standard InChI is InChI=1S/C86H114ClF3N12O10S4/c1-60(62-17-19-64(20-18-62)79-61(2)92-59-114-79)93-82(106)76-52-71(103)56-102(76)83(107)80(84(3,4)5)91-36-12-8-11-16-78(104)101-47-45-100(46-48-101)70-33-39-98(40-34-70)58-85(6)35-31-74(63-21-25-67(87)26-22-63)66(54-85)55-97-41-43-99(44-42-97)69-27-23-65(24-28-69)81(105)95-116(110,111)73-29-30-75(77(53-73)115(108,109)86(88,89)90)94-68(57-113-72-14-9-7-10-15-72)32-38-96-37-13-50-112-51-49-96/h7,9-10,14-15,17-30,53,59-60,68,70-71,76,80,91,94,103H,8,11-13,16,31-52,54-58H2,1-6H3,(H,93,106)(H,95,105)/t60-,68+,71+,76-,80+,85+/m0/s1. The van der Waals surface area contributed by atoms with Gasteiger partial charge in [-0.3, -0.25) is 29.0 Å². The first-order valence-electron chi connectivity index (χ1n) is 40.9. The van der Waals surface area contributed by atoms with Crippen LogP contribution in [0.3, 0.4) is 0 Å². The van der Waals surface area contributed by atoms with Gasteiger partial charge in [-0.25, -0.2) is 26.5 Å². The second-order valence-corrected chi connectivity index (χ2v) is 39.5. The van der Waals surface area contributed by atoms with Gasteiger partial charge in [0, 0.05) is 150 Å². The number of thiazole rings is 1. The number of amides is 4. The van der Waals surface area contributed by atoms with E-state index in [1.165, 1.54) is 40.6 Å². The van der Waals surface area contributed by atoms with Crippen LogP contribution in [0, 0.1) is 17.8 Å². The molecule has 6 aromatic rings. The van der Waals surface area contributed by atoms with E-state index < -0.39 is 76.4 Å².